The van der Waals surface area contributed by atoms with Crippen LogP contribution in [0.2, 0.25) is 0 Å². The minimum Gasteiger partial charge on any atom is -0.379 e. The molecular formula is C19H23FN2O3S. The number of hydrogen-bond donors (Lipinski definition) is 1. The first-order chi connectivity index (χ1) is 12.5. The maximum atomic E-state index is 13.2. The summed E-state index contributed by atoms with van der Waals surface area (Å²) < 4.78 is 46.4. The lowest BCUT2D eigenvalue weighted by atomic mass is 10.1. The molecule has 26 heavy (non-hydrogen) atoms. The molecule has 0 bridgehead atoms. The third kappa shape index (κ3) is 4.67. The molecule has 7 heteroatoms. The number of hydrogen-bond acceptors (Lipinski definition) is 4. The van der Waals surface area contributed by atoms with Crippen LogP contribution in [0.15, 0.2) is 47.4 Å². The van der Waals surface area contributed by atoms with Gasteiger partial charge in [-0.25, -0.2) is 17.5 Å². The Bertz CT molecular complexity index is 865. The fourth-order valence-electron chi connectivity index (χ4n) is 3.05. The first-order valence-electron chi connectivity index (χ1n) is 8.58. The second-order valence-electron chi connectivity index (χ2n) is 6.39. The summed E-state index contributed by atoms with van der Waals surface area (Å²) in [5, 5.41) is 0. The number of rotatable bonds is 6. The lowest BCUT2D eigenvalue weighted by Crippen LogP contribution is -2.36. The summed E-state index contributed by atoms with van der Waals surface area (Å²) in [6.07, 6.45) is 0. The summed E-state index contributed by atoms with van der Waals surface area (Å²) in [5.41, 5.74) is 2.41. The Hall–Kier alpha value is -1.80. The Kier molecular flexibility index (Phi) is 6.03. The number of ether oxygens (including phenoxy) is 1. The van der Waals surface area contributed by atoms with Crippen LogP contribution in [-0.4, -0.2) is 39.6 Å². The third-order valence-corrected chi connectivity index (χ3v) is 6.06. The first kappa shape index (κ1) is 19.0. The molecule has 0 aromatic heterocycles. The predicted molar refractivity (Wildman–Crippen MR) is 97.7 cm³/mol. The van der Waals surface area contributed by atoms with Crippen molar-refractivity contribution in [2.75, 3.05) is 26.3 Å². The maximum absolute atomic E-state index is 13.2. The molecule has 0 aliphatic carbocycles. The molecule has 0 atom stereocenters. The predicted octanol–water partition coefficient (Wildman–Crippen LogP) is 2.44. The fourth-order valence-corrected chi connectivity index (χ4v) is 4.28. The Morgan fingerprint density at radius 3 is 2.50 bits per heavy atom. The maximum Gasteiger partial charge on any atom is 0.241 e. The molecule has 1 N–H and O–H groups in total. The molecule has 2 aromatic rings. The van der Waals surface area contributed by atoms with Crippen LogP contribution in [0, 0.1) is 12.7 Å². The van der Waals surface area contributed by atoms with Crippen molar-refractivity contribution >= 4 is 10.0 Å². The number of nitrogens with one attached hydrogen (secondary N) is 1. The zero-order valence-corrected chi connectivity index (χ0v) is 15.6. The van der Waals surface area contributed by atoms with E-state index in [0.29, 0.717) is 5.56 Å². The number of morpholine rings is 1. The Morgan fingerprint density at radius 2 is 1.81 bits per heavy atom. The quantitative estimate of drug-likeness (QED) is 0.839. The van der Waals surface area contributed by atoms with Crippen LogP contribution < -0.4 is 4.72 Å². The van der Waals surface area contributed by atoms with E-state index < -0.39 is 15.8 Å². The largest absolute Gasteiger partial charge is 0.379 e. The lowest BCUT2D eigenvalue weighted by molar-refractivity contribution is 0.0341. The van der Waals surface area contributed by atoms with Gasteiger partial charge in [-0.3, -0.25) is 4.90 Å². The smallest absolute Gasteiger partial charge is 0.241 e. The van der Waals surface area contributed by atoms with Gasteiger partial charge in [0.15, 0.2) is 0 Å². The molecule has 1 saturated heterocycles. The number of nitrogens with zero attached hydrogens (tertiary/aromatic N) is 1. The zero-order valence-electron chi connectivity index (χ0n) is 14.7. The normalized spacial score (nSPS) is 15.9. The Balaban J connectivity index is 1.72. The van der Waals surface area contributed by atoms with Crippen LogP contribution in [0.5, 0.6) is 0 Å². The number of halogens is 1. The average molecular weight is 378 g/mol. The highest BCUT2D eigenvalue weighted by Gasteiger charge is 2.18. The van der Waals surface area contributed by atoms with Gasteiger partial charge in [-0.15, -0.1) is 0 Å². The molecule has 0 saturated carbocycles. The molecule has 5 nitrogen and oxygen atoms in total. The van der Waals surface area contributed by atoms with Crippen molar-refractivity contribution < 1.29 is 17.5 Å². The SMILES string of the molecule is Cc1cc(F)ccc1S(=O)(=O)NCc1ccccc1CN1CCOCC1. The van der Waals surface area contributed by atoms with Gasteiger partial charge in [0, 0.05) is 26.2 Å². The number of sulfonamides is 1. The van der Waals surface area contributed by atoms with E-state index in [2.05, 4.69) is 9.62 Å². The van der Waals surface area contributed by atoms with Gasteiger partial charge in [-0.2, -0.15) is 0 Å². The van der Waals surface area contributed by atoms with Crippen LogP contribution in [0.4, 0.5) is 4.39 Å². The van der Waals surface area contributed by atoms with E-state index in [1.165, 1.54) is 12.1 Å². The van der Waals surface area contributed by atoms with Crippen LogP contribution in [-0.2, 0) is 27.8 Å². The molecule has 1 aliphatic heterocycles. The highest BCUT2D eigenvalue weighted by molar-refractivity contribution is 7.89. The summed E-state index contributed by atoms with van der Waals surface area (Å²) in [5.74, 6) is -0.447. The standard InChI is InChI=1S/C19H23FN2O3S/c1-15-12-18(20)6-7-19(15)26(23,24)21-13-16-4-2-3-5-17(16)14-22-8-10-25-11-9-22/h2-7,12,21H,8-11,13-14H2,1H3. The van der Waals surface area contributed by atoms with E-state index in [1.807, 2.05) is 24.3 Å². The van der Waals surface area contributed by atoms with Crippen molar-refractivity contribution in [3.05, 3.63) is 65.0 Å². The average Bonchev–Trinajstić information content (AvgIpc) is 2.61. The molecule has 0 amide bonds. The van der Waals surface area contributed by atoms with Crippen LogP contribution >= 0.6 is 0 Å². The minimum absolute atomic E-state index is 0.101. The van der Waals surface area contributed by atoms with E-state index in [0.717, 1.165) is 50.0 Å². The van der Waals surface area contributed by atoms with E-state index in [-0.39, 0.29) is 11.4 Å². The van der Waals surface area contributed by atoms with Crippen LogP contribution in [0.1, 0.15) is 16.7 Å². The van der Waals surface area contributed by atoms with Crippen molar-refractivity contribution in [2.24, 2.45) is 0 Å². The molecule has 0 unspecified atom stereocenters. The number of aryl methyl sites for hydroxylation is 1. The molecular weight excluding hydrogens is 355 g/mol. The van der Waals surface area contributed by atoms with Crippen molar-refractivity contribution in [1.29, 1.82) is 0 Å². The fraction of sp³-hybridized carbons (Fsp3) is 0.368. The third-order valence-electron chi connectivity index (χ3n) is 4.50. The molecule has 140 valence electrons. The van der Waals surface area contributed by atoms with E-state index in [4.69, 9.17) is 4.74 Å². The topological polar surface area (TPSA) is 58.6 Å². The monoisotopic (exact) mass is 378 g/mol. The van der Waals surface area contributed by atoms with Gasteiger partial charge in [-0.1, -0.05) is 24.3 Å². The van der Waals surface area contributed by atoms with E-state index in [1.54, 1.807) is 6.92 Å². The summed E-state index contributed by atoms with van der Waals surface area (Å²) >= 11 is 0. The molecule has 1 fully saturated rings. The second kappa shape index (κ2) is 8.26. The van der Waals surface area contributed by atoms with Gasteiger partial charge in [0.25, 0.3) is 0 Å². The van der Waals surface area contributed by atoms with Crippen molar-refractivity contribution in [3.8, 4) is 0 Å². The van der Waals surface area contributed by atoms with Crippen molar-refractivity contribution in [2.45, 2.75) is 24.9 Å². The van der Waals surface area contributed by atoms with Crippen molar-refractivity contribution in [1.82, 2.24) is 9.62 Å². The van der Waals surface area contributed by atoms with Crippen molar-refractivity contribution in [3.63, 3.8) is 0 Å². The zero-order chi connectivity index (χ0) is 18.6. The molecule has 0 spiro atoms. The van der Waals surface area contributed by atoms with E-state index >= 15 is 0 Å². The van der Waals surface area contributed by atoms with E-state index in [9.17, 15) is 12.8 Å². The van der Waals surface area contributed by atoms with Crippen LogP contribution in [0.3, 0.4) is 0 Å². The van der Waals surface area contributed by atoms with Gasteiger partial charge in [0.1, 0.15) is 5.82 Å². The van der Waals surface area contributed by atoms with Gasteiger partial charge in [0.05, 0.1) is 18.1 Å². The summed E-state index contributed by atoms with van der Waals surface area (Å²) in [6.45, 7) is 5.72. The Labute approximate surface area is 153 Å². The van der Waals surface area contributed by atoms with Gasteiger partial charge in [0.2, 0.25) is 10.0 Å². The lowest BCUT2D eigenvalue weighted by Gasteiger charge is -2.27. The molecule has 1 aliphatic rings. The summed E-state index contributed by atoms with van der Waals surface area (Å²) in [4.78, 5) is 2.39. The van der Waals surface area contributed by atoms with Gasteiger partial charge >= 0.3 is 0 Å². The number of benzene rings is 2. The Morgan fingerprint density at radius 1 is 1.12 bits per heavy atom. The molecule has 0 radical (unpaired) electrons. The highest BCUT2D eigenvalue weighted by atomic mass is 32.2. The first-order valence-corrected chi connectivity index (χ1v) is 10.1. The van der Waals surface area contributed by atoms with Gasteiger partial charge < -0.3 is 4.74 Å². The van der Waals surface area contributed by atoms with Crippen LogP contribution in [0.25, 0.3) is 0 Å². The minimum atomic E-state index is -3.71. The van der Waals surface area contributed by atoms with Gasteiger partial charge in [-0.05, 0) is 41.8 Å². The summed E-state index contributed by atoms with van der Waals surface area (Å²) in [6, 6.07) is 11.5. The second-order valence-corrected chi connectivity index (χ2v) is 8.13. The molecule has 3 rings (SSSR count). The molecule has 2 aromatic carbocycles. The highest BCUT2D eigenvalue weighted by Crippen LogP contribution is 2.18. The molecule has 1 heterocycles. The summed E-state index contributed by atoms with van der Waals surface area (Å²) in [7, 11) is -3.71.